The van der Waals surface area contributed by atoms with Gasteiger partial charge in [0.05, 0.1) is 11.5 Å². The van der Waals surface area contributed by atoms with E-state index in [1.807, 2.05) is 33.8 Å². The highest BCUT2D eigenvalue weighted by atomic mass is 32.2. The molecule has 1 aromatic carbocycles. The van der Waals surface area contributed by atoms with Crippen molar-refractivity contribution in [3.63, 3.8) is 0 Å². The summed E-state index contributed by atoms with van der Waals surface area (Å²) in [6.45, 7) is 9.45. The van der Waals surface area contributed by atoms with Crippen LogP contribution in [0.2, 0.25) is 0 Å². The van der Waals surface area contributed by atoms with Crippen molar-refractivity contribution in [2.45, 2.75) is 32.6 Å². The van der Waals surface area contributed by atoms with E-state index < -0.39 is 10.0 Å². The first-order valence-electron chi connectivity index (χ1n) is 8.92. The largest absolute Gasteiger partial charge is 0.494 e. The number of hydrogen-bond acceptors (Lipinski definition) is 7. The van der Waals surface area contributed by atoms with Gasteiger partial charge in [0, 0.05) is 31.4 Å². The number of nitrogens with zero attached hydrogens (tertiary/aromatic N) is 2. The zero-order chi connectivity index (χ0) is 19.9. The molecule has 0 bridgehead atoms. The monoisotopic (exact) mass is 393 g/mol. The van der Waals surface area contributed by atoms with Crippen molar-refractivity contribution in [2.24, 2.45) is 0 Å². The highest BCUT2D eigenvalue weighted by Gasteiger charge is 2.15. The number of hydrogen-bond donors (Lipinski definition) is 3. The lowest BCUT2D eigenvalue weighted by atomic mass is 10.2. The Morgan fingerprint density at radius 1 is 1.04 bits per heavy atom. The molecule has 0 saturated heterocycles. The summed E-state index contributed by atoms with van der Waals surface area (Å²) >= 11 is 0. The van der Waals surface area contributed by atoms with Crippen LogP contribution in [-0.2, 0) is 10.0 Å². The number of anilines is 2. The first kappa shape index (κ1) is 20.9. The second-order valence-corrected chi connectivity index (χ2v) is 7.70. The fourth-order valence-electron chi connectivity index (χ4n) is 2.47. The molecule has 8 nitrogen and oxygen atoms in total. The fourth-order valence-corrected chi connectivity index (χ4v) is 3.59. The summed E-state index contributed by atoms with van der Waals surface area (Å²) in [5.41, 5.74) is 1.61. The van der Waals surface area contributed by atoms with Gasteiger partial charge in [0.15, 0.2) is 0 Å². The van der Waals surface area contributed by atoms with Gasteiger partial charge < -0.3 is 15.4 Å². The first-order chi connectivity index (χ1) is 12.9. The number of sulfonamides is 1. The summed E-state index contributed by atoms with van der Waals surface area (Å²) in [6.07, 6.45) is 0. The van der Waals surface area contributed by atoms with E-state index in [2.05, 4.69) is 25.3 Å². The maximum Gasteiger partial charge on any atom is 0.240 e. The molecule has 9 heteroatoms. The van der Waals surface area contributed by atoms with Gasteiger partial charge in [0.25, 0.3) is 0 Å². The second-order valence-electron chi connectivity index (χ2n) is 5.93. The zero-order valence-corrected chi connectivity index (χ0v) is 17.0. The van der Waals surface area contributed by atoms with E-state index >= 15 is 0 Å². The van der Waals surface area contributed by atoms with Gasteiger partial charge >= 0.3 is 0 Å². The van der Waals surface area contributed by atoms with Gasteiger partial charge in [-0.2, -0.15) is 4.98 Å². The quantitative estimate of drug-likeness (QED) is 0.532. The summed E-state index contributed by atoms with van der Waals surface area (Å²) in [5, 5.41) is 6.17. The molecule has 0 aliphatic carbocycles. The van der Waals surface area contributed by atoms with Crippen LogP contribution in [0.5, 0.6) is 5.75 Å². The molecule has 0 aliphatic rings. The van der Waals surface area contributed by atoms with Crippen LogP contribution in [0.25, 0.3) is 0 Å². The van der Waals surface area contributed by atoms with Crippen LogP contribution in [0, 0.1) is 13.8 Å². The Kier molecular flexibility index (Phi) is 7.37. The number of rotatable bonds is 10. The van der Waals surface area contributed by atoms with Crippen LogP contribution >= 0.6 is 0 Å². The van der Waals surface area contributed by atoms with Crippen LogP contribution in [-0.4, -0.2) is 44.6 Å². The van der Waals surface area contributed by atoms with Crippen LogP contribution in [0.1, 0.15) is 25.1 Å². The lowest BCUT2D eigenvalue weighted by molar-refractivity contribution is 0.337. The molecule has 0 fully saturated rings. The Morgan fingerprint density at radius 2 is 1.81 bits per heavy atom. The minimum Gasteiger partial charge on any atom is -0.494 e. The van der Waals surface area contributed by atoms with Crippen LogP contribution in [0.15, 0.2) is 29.2 Å². The summed E-state index contributed by atoms with van der Waals surface area (Å²) < 4.78 is 32.9. The zero-order valence-electron chi connectivity index (χ0n) is 16.2. The molecule has 0 aliphatic heterocycles. The van der Waals surface area contributed by atoms with Gasteiger partial charge in [-0.1, -0.05) is 0 Å². The number of ether oxygens (including phenoxy) is 1. The first-order valence-corrected chi connectivity index (χ1v) is 10.4. The maximum absolute atomic E-state index is 12.4. The van der Waals surface area contributed by atoms with Gasteiger partial charge in [0.2, 0.25) is 16.0 Å². The van der Waals surface area contributed by atoms with Crippen LogP contribution < -0.4 is 20.1 Å². The average Bonchev–Trinajstić information content (AvgIpc) is 2.60. The summed E-state index contributed by atoms with van der Waals surface area (Å²) in [6, 6.07) is 6.67. The molecule has 0 amide bonds. The van der Waals surface area contributed by atoms with Crippen molar-refractivity contribution >= 4 is 21.8 Å². The van der Waals surface area contributed by atoms with Crippen molar-refractivity contribution in [1.82, 2.24) is 14.7 Å². The molecule has 27 heavy (non-hydrogen) atoms. The minimum absolute atomic E-state index is 0.211. The van der Waals surface area contributed by atoms with E-state index in [0.29, 0.717) is 24.8 Å². The fraction of sp³-hybridized carbons (Fsp3) is 0.444. The molecular formula is C18H27N5O3S. The summed E-state index contributed by atoms with van der Waals surface area (Å²) in [5.74, 6) is 1.88. The standard InChI is InChI=1S/C18H27N5O3S/c1-5-19-17-12-14(4)22-18(23-17)20-9-10-21-27(24,25)15-7-8-16(26-6-2)13(3)11-15/h7-8,11-12,21H,5-6,9-10H2,1-4H3,(H2,19,20,22,23). The highest BCUT2D eigenvalue weighted by molar-refractivity contribution is 7.89. The Balaban J connectivity index is 1.93. The Hall–Kier alpha value is -2.39. The molecule has 0 spiro atoms. The number of aryl methyl sites for hydroxylation is 2. The predicted octanol–water partition coefficient (Wildman–Crippen LogP) is 2.31. The van der Waals surface area contributed by atoms with Gasteiger partial charge in [-0.25, -0.2) is 18.1 Å². The molecule has 0 radical (unpaired) electrons. The molecule has 3 N–H and O–H groups in total. The number of aromatic nitrogens is 2. The summed E-state index contributed by atoms with van der Waals surface area (Å²) in [7, 11) is -3.59. The van der Waals surface area contributed by atoms with Crippen molar-refractivity contribution in [2.75, 3.05) is 36.9 Å². The van der Waals surface area contributed by atoms with E-state index in [-0.39, 0.29) is 11.4 Å². The summed E-state index contributed by atoms with van der Waals surface area (Å²) in [4.78, 5) is 8.84. The van der Waals surface area contributed by atoms with Crippen LogP contribution in [0.3, 0.4) is 0 Å². The smallest absolute Gasteiger partial charge is 0.240 e. The molecule has 1 heterocycles. The van der Waals surface area contributed by atoms with Gasteiger partial charge in [-0.15, -0.1) is 0 Å². The van der Waals surface area contributed by atoms with Gasteiger partial charge in [-0.3, -0.25) is 0 Å². The normalized spacial score (nSPS) is 11.3. The second kappa shape index (κ2) is 9.52. The van der Waals surface area contributed by atoms with Crippen molar-refractivity contribution in [3.8, 4) is 5.75 Å². The molecule has 1 aromatic heterocycles. The van der Waals surface area contributed by atoms with E-state index in [1.165, 1.54) is 0 Å². The minimum atomic E-state index is -3.59. The molecule has 148 valence electrons. The lowest BCUT2D eigenvalue weighted by Gasteiger charge is -2.11. The third kappa shape index (κ3) is 6.07. The van der Waals surface area contributed by atoms with E-state index in [4.69, 9.17) is 4.74 Å². The molecule has 0 saturated carbocycles. The molecule has 0 atom stereocenters. The molecule has 0 unspecified atom stereocenters. The van der Waals surface area contributed by atoms with Gasteiger partial charge in [-0.05, 0) is 51.5 Å². The Bertz CT molecular complexity index is 871. The average molecular weight is 394 g/mol. The number of nitrogens with one attached hydrogen (secondary N) is 3. The van der Waals surface area contributed by atoms with Gasteiger partial charge in [0.1, 0.15) is 11.6 Å². The SMILES string of the molecule is CCNc1cc(C)nc(NCCNS(=O)(=O)c2ccc(OCC)c(C)c2)n1. The number of benzene rings is 1. The molecular weight excluding hydrogens is 366 g/mol. The highest BCUT2D eigenvalue weighted by Crippen LogP contribution is 2.21. The van der Waals surface area contributed by atoms with E-state index in [1.54, 1.807) is 18.2 Å². The van der Waals surface area contributed by atoms with Crippen molar-refractivity contribution < 1.29 is 13.2 Å². The van der Waals surface area contributed by atoms with Crippen molar-refractivity contribution in [1.29, 1.82) is 0 Å². The maximum atomic E-state index is 12.4. The van der Waals surface area contributed by atoms with E-state index in [9.17, 15) is 8.42 Å². The lowest BCUT2D eigenvalue weighted by Crippen LogP contribution is -2.29. The predicted molar refractivity (Wildman–Crippen MR) is 107 cm³/mol. The topological polar surface area (TPSA) is 105 Å². The third-order valence-corrected chi connectivity index (χ3v) is 5.13. The molecule has 2 aromatic rings. The Morgan fingerprint density at radius 3 is 2.48 bits per heavy atom. The van der Waals surface area contributed by atoms with Crippen molar-refractivity contribution in [3.05, 3.63) is 35.5 Å². The van der Waals surface area contributed by atoms with Crippen LogP contribution in [0.4, 0.5) is 11.8 Å². The Labute approximate surface area is 160 Å². The van der Waals surface area contributed by atoms with E-state index in [0.717, 1.165) is 23.6 Å². The third-order valence-electron chi connectivity index (χ3n) is 3.67. The molecule has 2 rings (SSSR count).